The summed E-state index contributed by atoms with van der Waals surface area (Å²) in [6, 6.07) is 18.7. The Morgan fingerprint density at radius 3 is 2.39 bits per heavy atom. The van der Waals surface area contributed by atoms with Crippen LogP contribution in [0, 0.1) is 0 Å². The van der Waals surface area contributed by atoms with E-state index in [4.69, 9.17) is 14.2 Å². The highest BCUT2D eigenvalue weighted by Gasteiger charge is 2.27. The minimum atomic E-state index is -0.191. The van der Waals surface area contributed by atoms with Gasteiger partial charge in [-0.3, -0.25) is 9.59 Å². The summed E-state index contributed by atoms with van der Waals surface area (Å²) in [6.07, 6.45) is 2.51. The van der Waals surface area contributed by atoms with Crippen molar-refractivity contribution >= 4 is 35.3 Å². The Labute approximate surface area is 215 Å². The van der Waals surface area contributed by atoms with Crippen LogP contribution in [0.25, 0.3) is 6.08 Å². The Morgan fingerprint density at radius 1 is 0.944 bits per heavy atom. The van der Waals surface area contributed by atoms with Crippen molar-refractivity contribution in [2.24, 2.45) is 0 Å². The molecule has 4 rings (SSSR count). The summed E-state index contributed by atoms with van der Waals surface area (Å²) >= 11 is 1.40. The van der Waals surface area contributed by atoms with E-state index in [1.54, 1.807) is 45.4 Å². The Kier molecular flexibility index (Phi) is 7.85. The number of nitrogens with one attached hydrogen (secondary N) is 1. The molecule has 0 spiro atoms. The second-order valence-electron chi connectivity index (χ2n) is 8.13. The molecule has 7 nitrogen and oxygen atoms in total. The molecule has 3 aromatic rings. The number of fused-ring (bicyclic) bond motifs is 1. The SMILES string of the molecule is COc1ccc(C=C2Sc3ccc(C(=O)NCCc4ccc(OC)c(OC)c4)cc3N(C)C2=O)cc1. The monoisotopic (exact) mass is 504 g/mol. The van der Waals surface area contributed by atoms with Crippen molar-refractivity contribution in [1.82, 2.24) is 5.32 Å². The van der Waals surface area contributed by atoms with Crippen LogP contribution in [-0.4, -0.2) is 46.7 Å². The molecule has 36 heavy (non-hydrogen) atoms. The van der Waals surface area contributed by atoms with Gasteiger partial charge in [0, 0.05) is 24.1 Å². The largest absolute Gasteiger partial charge is 0.497 e. The first-order valence-corrected chi connectivity index (χ1v) is 12.2. The lowest BCUT2D eigenvalue weighted by Crippen LogP contribution is -2.31. The molecule has 3 aromatic carbocycles. The van der Waals surface area contributed by atoms with Gasteiger partial charge >= 0.3 is 0 Å². The second kappa shape index (κ2) is 11.2. The molecule has 0 aliphatic carbocycles. The van der Waals surface area contributed by atoms with Gasteiger partial charge in [0.1, 0.15) is 5.75 Å². The van der Waals surface area contributed by atoms with Gasteiger partial charge in [-0.1, -0.05) is 30.0 Å². The van der Waals surface area contributed by atoms with E-state index >= 15 is 0 Å². The van der Waals surface area contributed by atoms with Crippen molar-refractivity contribution in [3.8, 4) is 17.2 Å². The maximum atomic E-state index is 13.0. The van der Waals surface area contributed by atoms with E-state index in [0.29, 0.717) is 40.6 Å². The predicted molar refractivity (Wildman–Crippen MR) is 142 cm³/mol. The molecule has 8 heteroatoms. The van der Waals surface area contributed by atoms with Crippen LogP contribution in [0.4, 0.5) is 5.69 Å². The van der Waals surface area contributed by atoms with Crippen molar-refractivity contribution in [3.63, 3.8) is 0 Å². The summed E-state index contributed by atoms with van der Waals surface area (Å²) in [5, 5.41) is 2.95. The Balaban J connectivity index is 1.43. The van der Waals surface area contributed by atoms with Crippen LogP contribution >= 0.6 is 11.8 Å². The minimum absolute atomic E-state index is 0.116. The standard InChI is InChI=1S/C28H28N2O5S/c1-30-22-17-20(27(31)29-14-13-19-7-11-23(34-3)24(15-19)35-4)8-12-25(22)36-26(28(30)32)16-18-5-9-21(33-2)10-6-18/h5-12,15-17H,13-14H2,1-4H3,(H,29,31). The van der Waals surface area contributed by atoms with Crippen LogP contribution in [0.1, 0.15) is 21.5 Å². The van der Waals surface area contributed by atoms with E-state index in [1.807, 2.05) is 54.6 Å². The average Bonchev–Trinajstić information content (AvgIpc) is 2.91. The maximum absolute atomic E-state index is 13.0. The number of carbonyl (C=O) groups is 2. The van der Waals surface area contributed by atoms with E-state index in [0.717, 1.165) is 21.8 Å². The summed E-state index contributed by atoms with van der Waals surface area (Å²) < 4.78 is 15.8. The minimum Gasteiger partial charge on any atom is -0.497 e. The van der Waals surface area contributed by atoms with Gasteiger partial charge in [0.25, 0.3) is 11.8 Å². The molecule has 0 bridgehead atoms. The smallest absolute Gasteiger partial charge is 0.264 e. The molecule has 0 radical (unpaired) electrons. The number of amides is 2. The van der Waals surface area contributed by atoms with Crippen LogP contribution in [0.2, 0.25) is 0 Å². The van der Waals surface area contributed by atoms with E-state index in [9.17, 15) is 9.59 Å². The fourth-order valence-corrected chi connectivity index (χ4v) is 4.94. The average molecular weight is 505 g/mol. The first-order chi connectivity index (χ1) is 17.4. The van der Waals surface area contributed by atoms with Crippen molar-refractivity contribution in [2.75, 3.05) is 39.8 Å². The zero-order valence-electron chi connectivity index (χ0n) is 20.7. The molecule has 1 N–H and O–H groups in total. The second-order valence-corrected chi connectivity index (χ2v) is 9.21. The Morgan fingerprint density at radius 2 is 1.69 bits per heavy atom. The first kappa shape index (κ1) is 25.2. The highest BCUT2D eigenvalue weighted by Crippen LogP contribution is 2.42. The maximum Gasteiger partial charge on any atom is 0.264 e. The fourth-order valence-electron chi connectivity index (χ4n) is 3.85. The third kappa shape index (κ3) is 5.49. The molecule has 0 saturated heterocycles. The number of likely N-dealkylation sites (N-methyl/N-ethyl adjacent to an activating group) is 1. The predicted octanol–water partition coefficient (Wildman–Crippen LogP) is 4.79. The quantitative estimate of drug-likeness (QED) is 0.445. The van der Waals surface area contributed by atoms with Crippen LogP contribution in [0.15, 0.2) is 70.5 Å². The number of hydrogen-bond donors (Lipinski definition) is 1. The van der Waals surface area contributed by atoms with Gasteiger partial charge in [0.2, 0.25) is 0 Å². The Bertz CT molecular complexity index is 1300. The van der Waals surface area contributed by atoms with Gasteiger partial charge in [-0.25, -0.2) is 0 Å². The number of nitrogens with zero attached hydrogens (tertiary/aromatic N) is 1. The number of anilines is 1. The van der Waals surface area contributed by atoms with Crippen LogP contribution in [0.3, 0.4) is 0 Å². The molecule has 186 valence electrons. The molecular weight excluding hydrogens is 476 g/mol. The summed E-state index contributed by atoms with van der Waals surface area (Å²) in [5.41, 5.74) is 3.15. The summed E-state index contributed by atoms with van der Waals surface area (Å²) in [4.78, 5) is 28.9. The highest BCUT2D eigenvalue weighted by atomic mass is 32.2. The van der Waals surface area contributed by atoms with Gasteiger partial charge in [-0.15, -0.1) is 0 Å². The van der Waals surface area contributed by atoms with Crippen molar-refractivity contribution in [3.05, 3.63) is 82.3 Å². The topological polar surface area (TPSA) is 77.1 Å². The first-order valence-electron chi connectivity index (χ1n) is 11.4. The molecule has 1 aliphatic heterocycles. The van der Waals surface area contributed by atoms with E-state index in [-0.39, 0.29) is 11.8 Å². The third-order valence-corrected chi connectivity index (χ3v) is 6.96. The van der Waals surface area contributed by atoms with E-state index in [2.05, 4.69) is 5.32 Å². The van der Waals surface area contributed by atoms with Crippen molar-refractivity contribution in [2.45, 2.75) is 11.3 Å². The van der Waals surface area contributed by atoms with Crippen LogP contribution < -0.4 is 24.4 Å². The molecule has 2 amide bonds. The summed E-state index contributed by atoms with van der Waals surface area (Å²) in [6.45, 7) is 0.462. The van der Waals surface area contributed by atoms with Gasteiger partial charge in [-0.05, 0) is 66.1 Å². The highest BCUT2D eigenvalue weighted by molar-refractivity contribution is 8.04. The molecule has 0 fully saturated rings. The van der Waals surface area contributed by atoms with Gasteiger partial charge < -0.3 is 24.4 Å². The third-order valence-electron chi connectivity index (χ3n) is 5.88. The van der Waals surface area contributed by atoms with Gasteiger partial charge in [-0.2, -0.15) is 0 Å². The zero-order chi connectivity index (χ0) is 25.7. The summed E-state index contributed by atoms with van der Waals surface area (Å²) in [7, 11) is 6.53. The number of rotatable bonds is 8. The number of thioether (sulfide) groups is 1. The number of ether oxygens (including phenoxy) is 3. The molecule has 0 aromatic heterocycles. The van der Waals surface area contributed by atoms with Gasteiger partial charge in [0.15, 0.2) is 11.5 Å². The molecular formula is C28H28N2O5S. The fraction of sp³-hybridized carbons (Fsp3) is 0.214. The Hall–Kier alpha value is -3.91. The zero-order valence-corrected chi connectivity index (χ0v) is 21.5. The molecule has 1 heterocycles. The number of methoxy groups -OCH3 is 3. The molecule has 0 unspecified atom stereocenters. The van der Waals surface area contributed by atoms with Crippen LogP contribution in [0.5, 0.6) is 17.2 Å². The lowest BCUT2D eigenvalue weighted by atomic mass is 10.1. The van der Waals surface area contributed by atoms with Crippen LogP contribution in [-0.2, 0) is 11.2 Å². The van der Waals surface area contributed by atoms with Crippen molar-refractivity contribution in [1.29, 1.82) is 0 Å². The lowest BCUT2D eigenvalue weighted by Gasteiger charge is -2.27. The van der Waals surface area contributed by atoms with E-state index < -0.39 is 0 Å². The molecule has 0 atom stereocenters. The van der Waals surface area contributed by atoms with Crippen molar-refractivity contribution < 1.29 is 23.8 Å². The van der Waals surface area contributed by atoms with E-state index in [1.165, 1.54) is 11.8 Å². The normalized spacial score (nSPS) is 13.8. The number of hydrogen-bond acceptors (Lipinski definition) is 6. The molecule has 1 aliphatic rings. The summed E-state index contributed by atoms with van der Waals surface area (Å²) in [5.74, 6) is 1.77. The lowest BCUT2D eigenvalue weighted by molar-refractivity contribution is -0.114. The number of carbonyl (C=O) groups excluding carboxylic acids is 2. The molecule has 0 saturated carbocycles. The van der Waals surface area contributed by atoms with Gasteiger partial charge in [0.05, 0.1) is 31.9 Å². The number of benzene rings is 3.